The fourth-order valence-corrected chi connectivity index (χ4v) is 4.20. The molecule has 0 aliphatic heterocycles. The fourth-order valence-electron chi connectivity index (χ4n) is 3.37. The Bertz CT molecular complexity index is 1520. The molecule has 0 aliphatic rings. The second-order valence-corrected chi connectivity index (χ2v) is 7.89. The zero-order chi connectivity index (χ0) is 23.9. The first-order valence-corrected chi connectivity index (χ1v) is 10.4. The smallest absolute Gasteiger partial charge is 0.346 e. The lowest BCUT2D eigenvalue weighted by Crippen LogP contribution is -2.34. The molecule has 0 saturated heterocycles. The first kappa shape index (κ1) is 22.2. The van der Waals surface area contributed by atoms with E-state index in [0.29, 0.717) is 10.1 Å². The van der Waals surface area contributed by atoms with Gasteiger partial charge in [0.05, 0.1) is 29.3 Å². The molecule has 2 aromatic heterocycles. The largest absolute Gasteiger partial charge is 0.496 e. The molecule has 8 nitrogen and oxygen atoms in total. The third-order valence-corrected chi connectivity index (χ3v) is 5.97. The Hall–Kier alpha value is -3.99. The topological polar surface area (TPSA) is 111 Å². The van der Waals surface area contributed by atoms with Gasteiger partial charge in [0.15, 0.2) is 0 Å². The Morgan fingerprint density at radius 3 is 2.67 bits per heavy atom. The second-order valence-electron chi connectivity index (χ2n) is 7.01. The van der Waals surface area contributed by atoms with E-state index in [1.807, 2.05) is 0 Å². The summed E-state index contributed by atoms with van der Waals surface area (Å²) < 4.78 is 40.4. The lowest BCUT2D eigenvalue weighted by Gasteiger charge is -2.14. The molecule has 0 aliphatic carbocycles. The van der Waals surface area contributed by atoms with Crippen LogP contribution in [-0.4, -0.2) is 27.7 Å². The summed E-state index contributed by atoms with van der Waals surface area (Å²) in [6.45, 7) is 1.32. The Morgan fingerprint density at radius 2 is 1.97 bits per heavy atom. The second kappa shape index (κ2) is 8.51. The first-order chi connectivity index (χ1) is 15.7. The maximum atomic E-state index is 14.6. The van der Waals surface area contributed by atoms with Gasteiger partial charge in [-0.25, -0.2) is 22.9 Å². The predicted molar refractivity (Wildman–Crippen MR) is 117 cm³/mol. The number of aromatic nitrogens is 2. The van der Waals surface area contributed by atoms with Gasteiger partial charge in [0, 0.05) is 11.4 Å². The monoisotopic (exact) mass is 474 g/mol. The van der Waals surface area contributed by atoms with Crippen molar-refractivity contribution < 1.29 is 28.2 Å². The van der Waals surface area contributed by atoms with Gasteiger partial charge in [-0.15, -0.1) is 11.3 Å². The van der Waals surface area contributed by atoms with Gasteiger partial charge in [0.1, 0.15) is 34.6 Å². The van der Waals surface area contributed by atoms with Gasteiger partial charge in [0.2, 0.25) is 0 Å². The number of H-pyrrole nitrogens is 1. The number of aromatic amines is 1. The lowest BCUT2D eigenvalue weighted by molar-refractivity contribution is 0.0704. The minimum atomic E-state index is -1.35. The highest BCUT2D eigenvalue weighted by Crippen LogP contribution is 2.27. The van der Waals surface area contributed by atoms with Crippen molar-refractivity contribution in [1.29, 1.82) is 0 Å². The van der Waals surface area contributed by atoms with Gasteiger partial charge in [-0.1, -0.05) is 6.07 Å². The molecule has 0 atom stereocenters. The molecule has 0 amide bonds. The fraction of sp³-hybridized carbons (Fsp3) is 0.136. The van der Waals surface area contributed by atoms with Crippen molar-refractivity contribution >= 4 is 28.2 Å². The SMILES string of the molecule is COc1ccc(C)c(F)c1COc1ccc(F)c(-n2c(=O)[nH]c3csc(C(=O)O)c3c2=O)c1. The number of rotatable bonds is 6. The summed E-state index contributed by atoms with van der Waals surface area (Å²) in [4.78, 5) is 39.0. The van der Waals surface area contributed by atoms with Crippen LogP contribution in [0, 0.1) is 18.6 Å². The van der Waals surface area contributed by atoms with Gasteiger partial charge < -0.3 is 19.6 Å². The van der Waals surface area contributed by atoms with E-state index in [0.717, 1.165) is 23.5 Å². The number of ether oxygens (including phenoxy) is 2. The van der Waals surface area contributed by atoms with Crippen molar-refractivity contribution in [3.05, 3.63) is 84.2 Å². The van der Waals surface area contributed by atoms with E-state index in [1.54, 1.807) is 19.1 Å². The quantitative estimate of drug-likeness (QED) is 0.442. The number of halogens is 2. The van der Waals surface area contributed by atoms with Crippen molar-refractivity contribution in [1.82, 2.24) is 9.55 Å². The van der Waals surface area contributed by atoms with Crippen LogP contribution in [0.5, 0.6) is 11.5 Å². The number of hydrogen-bond acceptors (Lipinski definition) is 6. The molecule has 0 bridgehead atoms. The van der Waals surface area contributed by atoms with Gasteiger partial charge in [-0.05, 0) is 30.7 Å². The summed E-state index contributed by atoms with van der Waals surface area (Å²) in [5, 5.41) is 10.4. The number of benzene rings is 2. The van der Waals surface area contributed by atoms with Crippen molar-refractivity contribution in [2.45, 2.75) is 13.5 Å². The van der Waals surface area contributed by atoms with Crippen LogP contribution in [0.4, 0.5) is 8.78 Å². The lowest BCUT2D eigenvalue weighted by atomic mass is 10.1. The summed E-state index contributed by atoms with van der Waals surface area (Å²) in [7, 11) is 1.38. The number of nitrogens with one attached hydrogen (secondary N) is 1. The summed E-state index contributed by atoms with van der Waals surface area (Å²) in [5.41, 5.74) is -1.83. The van der Waals surface area contributed by atoms with Crippen LogP contribution in [0.15, 0.2) is 45.3 Å². The number of methoxy groups -OCH3 is 1. The van der Waals surface area contributed by atoms with Crippen LogP contribution in [0.2, 0.25) is 0 Å². The minimum Gasteiger partial charge on any atom is -0.496 e. The molecule has 33 heavy (non-hydrogen) atoms. The van der Waals surface area contributed by atoms with E-state index in [1.165, 1.54) is 18.6 Å². The number of carbonyl (C=O) groups is 1. The number of thiophene rings is 1. The first-order valence-electron chi connectivity index (χ1n) is 9.47. The molecular formula is C22H16F2N2O6S. The maximum absolute atomic E-state index is 14.6. The molecule has 2 heterocycles. The molecule has 0 saturated carbocycles. The van der Waals surface area contributed by atoms with Crippen LogP contribution in [0.3, 0.4) is 0 Å². The Labute approximate surface area is 188 Å². The molecule has 0 spiro atoms. The van der Waals surface area contributed by atoms with Gasteiger partial charge >= 0.3 is 11.7 Å². The number of nitrogens with zero attached hydrogens (tertiary/aromatic N) is 1. The third-order valence-electron chi connectivity index (χ3n) is 5.00. The average molecular weight is 474 g/mol. The number of aromatic carboxylic acids is 1. The van der Waals surface area contributed by atoms with Gasteiger partial charge in [0.25, 0.3) is 5.56 Å². The number of hydrogen-bond donors (Lipinski definition) is 2. The molecule has 0 fully saturated rings. The Morgan fingerprint density at radius 1 is 1.21 bits per heavy atom. The highest BCUT2D eigenvalue weighted by atomic mass is 32.1. The van der Waals surface area contributed by atoms with E-state index in [9.17, 15) is 28.3 Å². The molecule has 0 unspecified atom stereocenters. The predicted octanol–water partition coefficient (Wildman–Crippen LogP) is 3.61. The number of aryl methyl sites for hydroxylation is 1. The highest BCUT2D eigenvalue weighted by Gasteiger charge is 2.21. The van der Waals surface area contributed by atoms with Crippen molar-refractivity contribution in [2.75, 3.05) is 7.11 Å². The molecule has 11 heteroatoms. The van der Waals surface area contributed by atoms with Crippen molar-refractivity contribution in [2.24, 2.45) is 0 Å². The molecule has 4 rings (SSSR count). The summed E-state index contributed by atoms with van der Waals surface area (Å²) in [6, 6.07) is 6.48. The summed E-state index contributed by atoms with van der Waals surface area (Å²) >= 11 is 0.768. The normalized spacial score (nSPS) is 11.0. The Balaban J connectivity index is 1.78. The van der Waals surface area contributed by atoms with Crippen LogP contribution in [0.25, 0.3) is 16.6 Å². The number of fused-ring (bicyclic) bond motifs is 1. The van der Waals surface area contributed by atoms with Crippen LogP contribution < -0.4 is 20.7 Å². The maximum Gasteiger partial charge on any atom is 0.346 e. The van der Waals surface area contributed by atoms with Crippen LogP contribution in [0.1, 0.15) is 20.8 Å². The van der Waals surface area contributed by atoms with Crippen LogP contribution in [-0.2, 0) is 6.61 Å². The molecular weight excluding hydrogens is 458 g/mol. The molecule has 0 radical (unpaired) electrons. The molecule has 2 aromatic carbocycles. The number of carboxylic acid groups (broad SMARTS) is 1. The van der Waals surface area contributed by atoms with Crippen molar-refractivity contribution in [3.8, 4) is 17.2 Å². The van der Waals surface area contributed by atoms with Gasteiger partial charge in [-0.3, -0.25) is 4.79 Å². The van der Waals surface area contributed by atoms with Crippen LogP contribution >= 0.6 is 11.3 Å². The van der Waals surface area contributed by atoms with E-state index in [2.05, 4.69) is 4.98 Å². The average Bonchev–Trinajstić information content (AvgIpc) is 3.21. The van der Waals surface area contributed by atoms with Crippen molar-refractivity contribution in [3.63, 3.8) is 0 Å². The van der Waals surface area contributed by atoms with Gasteiger partial charge in [-0.2, -0.15) is 0 Å². The molecule has 170 valence electrons. The number of carboxylic acids is 1. The third kappa shape index (κ3) is 3.87. The summed E-state index contributed by atoms with van der Waals surface area (Å²) in [5.74, 6) is -2.48. The zero-order valence-corrected chi connectivity index (χ0v) is 18.1. The molecule has 4 aromatic rings. The zero-order valence-electron chi connectivity index (χ0n) is 17.3. The van der Waals surface area contributed by atoms with E-state index in [4.69, 9.17) is 9.47 Å². The van der Waals surface area contributed by atoms with E-state index < -0.39 is 34.5 Å². The van der Waals surface area contributed by atoms with E-state index in [-0.39, 0.29) is 39.4 Å². The summed E-state index contributed by atoms with van der Waals surface area (Å²) in [6.07, 6.45) is 0. The minimum absolute atomic E-state index is 0.0403. The highest BCUT2D eigenvalue weighted by molar-refractivity contribution is 7.13. The molecule has 2 N–H and O–H groups in total. The Kier molecular flexibility index (Phi) is 5.73. The van der Waals surface area contributed by atoms with E-state index >= 15 is 0 Å². The standard InChI is InChI=1S/C22H16F2N2O6S/c1-10-3-6-16(31-2)12(18(10)24)8-32-11-4-5-13(23)15(7-11)26-20(27)17-14(25-22(26)30)9-33-19(17)21(28)29/h3-7,9H,8H2,1-2H3,(H,25,30)(H,28,29).